The standard InChI is InChI=1S/C16H23F3N4O/c17-16(18,19)14-10-13(20-21-14)12-4-1-6-22(11-12)7-3-9-23-8-2-5-15(23)24/h10,12H,1-9,11H2,(H,20,21)/t12-/m0/s1. The summed E-state index contributed by atoms with van der Waals surface area (Å²) in [5.74, 6) is 0.305. The average Bonchev–Trinajstić information content (AvgIpc) is 3.17. The van der Waals surface area contributed by atoms with Gasteiger partial charge in [0, 0.05) is 37.7 Å². The van der Waals surface area contributed by atoms with Gasteiger partial charge in [-0.2, -0.15) is 18.3 Å². The van der Waals surface area contributed by atoms with Gasteiger partial charge in [-0.1, -0.05) is 0 Å². The third-order valence-corrected chi connectivity index (χ3v) is 4.91. The summed E-state index contributed by atoms with van der Waals surface area (Å²) in [5, 5.41) is 5.96. The lowest BCUT2D eigenvalue weighted by Gasteiger charge is -2.32. The zero-order valence-electron chi connectivity index (χ0n) is 13.6. The van der Waals surface area contributed by atoms with E-state index in [9.17, 15) is 18.0 Å². The number of alkyl halides is 3. The molecule has 1 amide bonds. The number of amides is 1. The summed E-state index contributed by atoms with van der Waals surface area (Å²) in [5.41, 5.74) is -0.274. The van der Waals surface area contributed by atoms with Gasteiger partial charge in [-0.25, -0.2) is 0 Å². The normalized spacial score (nSPS) is 23.2. The number of nitrogens with zero attached hydrogens (tertiary/aromatic N) is 3. The van der Waals surface area contributed by atoms with E-state index in [0.29, 0.717) is 12.1 Å². The molecule has 0 spiro atoms. The molecule has 134 valence electrons. The molecule has 0 aliphatic carbocycles. The number of carbonyl (C=O) groups excluding carboxylic acids is 1. The maximum atomic E-state index is 12.7. The summed E-state index contributed by atoms with van der Waals surface area (Å²) >= 11 is 0. The second-order valence-electron chi connectivity index (χ2n) is 6.68. The summed E-state index contributed by atoms with van der Waals surface area (Å²) in [4.78, 5) is 15.8. The smallest absolute Gasteiger partial charge is 0.343 e. The predicted octanol–water partition coefficient (Wildman–Crippen LogP) is 2.62. The van der Waals surface area contributed by atoms with Gasteiger partial charge < -0.3 is 9.80 Å². The SMILES string of the molecule is O=C1CCCN1CCCN1CCC[C@H](c2cc(C(F)(F)F)n[nH]2)C1. The number of aromatic amines is 1. The Kier molecular flexibility index (Phi) is 5.12. The first-order valence-corrected chi connectivity index (χ1v) is 8.56. The molecule has 1 atom stereocenters. The number of aromatic nitrogens is 2. The highest BCUT2D eigenvalue weighted by atomic mass is 19.4. The van der Waals surface area contributed by atoms with Crippen molar-refractivity contribution in [3.05, 3.63) is 17.5 Å². The van der Waals surface area contributed by atoms with Gasteiger partial charge in [-0.15, -0.1) is 0 Å². The highest BCUT2D eigenvalue weighted by Crippen LogP contribution is 2.32. The highest BCUT2D eigenvalue weighted by Gasteiger charge is 2.35. The van der Waals surface area contributed by atoms with Crippen LogP contribution in [0.4, 0.5) is 13.2 Å². The van der Waals surface area contributed by atoms with Crippen LogP contribution in [0.5, 0.6) is 0 Å². The molecule has 2 fully saturated rings. The minimum absolute atomic E-state index is 0.0655. The Morgan fingerprint density at radius 2 is 2.08 bits per heavy atom. The monoisotopic (exact) mass is 344 g/mol. The van der Waals surface area contributed by atoms with E-state index < -0.39 is 11.9 Å². The summed E-state index contributed by atoms with van der Waals surface area (Å²) in [6.07, 6.45) is -0.0337. The minimum atomic E-state index is -4.40. The Bertz CT molecular complexity index is 572. The zero-order valence-corrected chi connectivity index (χ0v) is 13.6. The van der Waals surface area contributed by atoms with Crippen LogP contribution < -0.4 is 0 Å². The van der Waals surface area contributed by atoms with Crippen LogP contribution in [0.15, 0.2) is 6.07 Å². The first-order chi connectivity index (χ1) is 11.4. The summed E-state index contributed by atoms with van der Waals surface area (Å²) < 4.78 is 38.0. The molecule has 8 heteroatoms. The molecule has 0 aromatic carbocycles. The van der Waals surface area contributed by atoms with Gasteiger partial charge in [0.05, 0.1) is 0 Å². The second kappa shape index (κ2) is 7.13. The molecule has 3 heterocycles. The second-order valence-corrected chi connectivity index (χ2v) is 6.68. The van der Waals surface area contributed by atoms with E-state index in [2.05, 4.69) is 15.1 Å². The van der Waals surface area contributed by atoms with Crippen LogP contribution in [0.3, 0.4) is 0 Å². The third kappa shape index (κ3) is 4.09. The minimum Gasteiger partial charge on any atom is -0.343 e. The number of piperidine rings is 1. The largest absolute Gasteiger partial charge is 0.435 e. The van der Waals surface area contributed by atoms with Crippen molar-refractivity contribution in [3.63, 3.8) is 0 Å². The molecule has 24 heavy (non-hydrogen) atoms. The maximum absolute atomic E-state index is 12.7. The first kappa shape index (κ1) is 17.3. The van der Waals surface area contributed by atoms with Crippen molar-refractivity contribution >= 4 is 5.91 Å². The molecule has 2 aliphatic heterocycles. The van der Waals surface area contributed by atoms with E-state index in [1.165, 1.54) is 0 Å². The van der Waals surface area contributed by atoms with Gasteiger partial charge in [0.25, 0.3) is 0 Å². The van der Waals surface area contributed by atoms with Crippen LogP contribution in [0, 0.1) is 0 Å². The number of hydrogen-bond acceptors (Lipinski definition) is 3. The topological polar surface area (TPSA) is 52.2 Å². The fraction of sp³-hybridized carbons (Fsp3) is 0.750. The van der Waals surface area contributed by atoms with Crippen LogP contribution in [0.1, 0.15) is 49.4 Å². The van der Waals surface area contributed by atoms with Crippen molar-refractivity contribution in [1.29, 1.82) is 0 Å². The Balaban J connectivity index is 1.49. The predicted molar refractivity (Wildman–Crippen MR) is 82.4 cm³/mol. The zero-order chi connectivity index (χ0) is 17.2. The number of carbonyl (C=O) groups is 1. The van der Waals surface area contributed by atoms with Gasteiger partial charge in [0.15, 0.2) is 5.69 Å². The average molecular weight is 344 g/mol. The number of halogens is 3. The molecular weight excluding hydrogens is 321 g/mol. The Morgan fingerprint density at radius 3 is 2.75 bits per heavy atom. The molecule has 1 aromatic rings. The van der Waals surface area contributed by atoms with Crippen LogP contribution in [-0.2, 0) is 11.0 Å². The van der Waals surface area contributed by atoms with Crippen LogP contribution in [-0.4, -0.2) is 58.6 Å². The van der Waals surface area contributed by atoms with E-state index in [-0.39, 0.29) is 11.8 Å². The van der Waals surface area contributed by atoms with E-state index >= 15 is 0 Å². The molecule has 2 aliphatic rings. The van der Waals surface area contributed by atoms with Crippen molar-refractivity contribution in [2.45, 2.75) is 44.2 Å². The number of rotatable bonds is 5. The fourth-order valence-electron chi connectivity index (χ4n) is 3.63. The Hall–Kier alpha value is -1.57. The molecule has 1 N–H and O–H groups in total. The maximum Gasteiger partial charge on any atom is 0.435 e. The van der Waals surface area contributed by atoms with Crippen LogP contribution in [0.2, 0.25) is 0 Å². The molecular formula is C16H23F3N4O. The molecule has 1 aromatic heterocycles. The highest BCUT2D eigenvalue weighted by molar-refractivity contribution is 5.77. The molecule has 0 saturated carbocycles. The molecule has 0 bridgehead atoms. The summed E-state index contributed by atoms with van der Waals surface area (Å²) in [6.45, 7) is 4.22. The lowest BCUT2D eigenvalue weighted by atomic mass is 9.94. The Labute approximate surface area is 139 Å². The van der Waals surface area contributed by atoms with Gasteiger partial charge in [0.1, 0.15) is 0 Å². The number of likely N-dealkylation sites (tertiary alicyclic amines) is 2. The van der Waals surface area contributed by atoms with Gasteiger partial charge in [-0.05, 0) is 44.8 Å². The van der Waals surface area contributed by atoms with E-state index in [4.69, 9.17) is 0 Å². The van der Waals surface area contributed by atoms with Gasteiger partial charge >= 0.3 is 6.18 Å². The lowest BCUT2D eigenvalue weighted by molar-refractivity contribution is -0.141. The van der Waals surface area contributed by atoms with E-state index in [1.807, 2.05) is 4.90 Å². The molecule has 0 unspecified atom stereocenters. The number of nitrogens with one attached hydrogen (secondary N) is 1. The van der Waals surface area contributed by atoms with Crippen LogP contribution >= 0.6 is 0 Å². The van der Waals surface area contributed by atoms with E-state index in [0.717, 1.165) is 64.5 Å². The summed E-state index contributed by atoms with van der Waals surface area (Å²) in [7, 11) is 0. The first-order valence-electron chi connectivity index (χ1n) is 8.56. The molecule has 0 radical (unpaired) electrons. The van der Waals surface area contributed by atoms with Gasteiger partial charge in [0.2, 0.25) is 5.91 Å². The fourth-order valence-corrected chi connectivity index (χ4v) is 3.63. The molecule has 5 nitrogen and oxygen atoms in total. The molecule has 3 rings (SSSR count). The number of H-pyrrole nitrogens is 1. The van der Waals surface area contributed by atoms with Crippen molar-refractivity contribution in [1.82, 2.24) is 20.0 Å². The quantitative estimate of drug-likeness (QED) is 0.893. The lowest BCUT2D eigenvalue weighted by Crippen LogP contribution is -2.37. The van der Waals surface area contributed by atoms with Crippen molar-refractivity contribution < 1.29 is 18.0 Å². The van der Waals surface area contributed by atoms with Crippen molar-refractivity contribution in [2.75, 3.05) is 32.7 Å². The van der Waals surface area contributed by atoms with Crippen molar-refractivity contribution in [2.24, 2.45) is 0 Å². The third-order valence-electron chi connectivity index (χ3n) is 4.91. The summed E-state index contributed by atoms with van der Waals surface area (Å²) in [6, 6.07) is 1.14. The van der Waals surface area contributed by atoms with E-state index in [1.54, 1.807) is 0 Å². The number of hydrogen-bond donors (Lipinski definition) is 1. The van der Waals surface area contributed by atoms with Crippen molar-refractivity contribution in [3.8, 4) is 0 Å². The molecule has 2 saturated heterocycles. The van der Waals surface area contributed by atoms with Gasteiger partial charge in [-0.3, -0.25) is 9.89 Å². The van der Waals surface area contributed by atoms with Crippen LogP contribution in [0.25, 0.3) is 0 Å². The Morgan fingerprint density at radius 1 is 1.25 bits per heavy atom.